The molecule has 1 heterocycles. The van der Waals surface area contributed by atoms with Gasteiger partial charge in [0.05, 0.1) is 11.9 Å². The Morgan fingerprint density at radius 2 is 2.14 bits per heavy atom. The number of primary sulfonamides is 1. The van der Waals surface area contributed by atoms with Crippen LogP contribution in [0.25, 0.3) is 0 Å². The number of H-pyrrole nitrogens is 1. The summed E-state index contributed by atoms with van der Waals surface area (Å²) >= 11 is 0. The Kier molecular flexibility index (Phi) is 4.49. The van der Waals surface area contributed by atoms with Crippen molar-refractivity contribution in [2.24, 2.45) is 5.14 Å². The van der Waals surface area contributed by atoms with Gasteiger partial charge in [0.1, 0.15) is 4.90 Å². The first-order valence-corrected chi connectivity index (χ1v) is 8.07. The van der Waals surface area contributed by atoms with E-state index in [2.05, 4.69) is 15.5 Å². The van der Waals surface area contributed by atoms with E-state index < -0.39 is 10.0 Å². The maximum absolute atomic E-state index is 11.5. The summed E-state index contributed by atoms with van der Waals surface area (Å²) in [6.07, 6.45) is 3.50. The Morgan fingerprint density at radius 1 is 1.38 bits per heavy atom. The number of aromatic nitrogens is 2. The number of nitrogen functional groups attached to an aromatic ring is 1. The number of rotatable bonds is 6. The molecule has 0 aliphatic rings. The second-order valence-corrected chi connectivity index (χ2v) is 6.38. The zero-order valence-corrected chi connectivity index (χ0v) is 12.6. The van der Waals surface area contributed by atoms with Crippen molar-refractivity contribution in [3.05, 3.63) is 35.7 Å². The van der Waals surface area contributed by atoms with Gasteiger partial charge in [-0.05, 0) is 43.5 Å². The largest absolute Gasteiger partial charge is 0.399 e. The van der Waals surface area contributed by atoms with E-state index in [9.17, 15) is 8.42 Å². The predicted molar refractivity (Wildman–Crippen MR) is 82.4 cm³/mol. The molecule has 6 N–H and O–H groups in total. The summed E-state index contributed by atoms with van der Waals surface area (Å²) in [7, 11) is -3.80. The Labute approximate surface area is 123 Å². The molecule has 0 radical (unpaired) electrons. The molecule has 1 aromatic carbocycles. The Morgan fingerprint density at radius 3 is 2.76 bits per heavy atom. The normalized spacial score (nSPS) is 11.5. The highest BCUT2D eigenvalue weighted by molar-refractivity contribution is 7.89. The molecule has 0 bridgehead atoms. The molecule has 114 valence electrons. The highest BCUT2D eigenvalue weighted by Gasteiger charge is 2.14. The lowest BCUT2D eigenvalue weighted by molar-refractivity contribution is 0.598. The molecule has 2 rings (SSSR count). The van der Waals surface area contributed by atoms with Crippen LogP contribution in [0.15, 0.2) is 29.3 Å². The molecule has 0 amide bonds. The number of aryl methyl sites for hydroxylation is 2. The van der Waals surface area contributed by atoms with Gasteiger partial charge >= 0.3 is 0 Å². The SMILES string of the molecule is Cc1[nH]ncc1CCCNc1ccc(N)cc1S(N)(=O)=O. The van der Waals surface area contributed by atoms with Crippen LogP contribution in [0.1, 0.15) is 17.7 Å². The molecule has 0 aliphatic carbocycles. The predicted octanol–water partition coefficient (Wildman–Crippen LogP) is 0.992. The number of nitrogens with one attached hydrogen (secondary N) is 2. The number of anilines is 2. The monoisotopic (exact) mass is 309 g/mol. The van der Waals surface area contributed by atoms with E-state index in [1.807, 2.05) is 6.92 Å². The third kappa shape index (κ3) is 3.96. The van der Waals surface area contributed by atoms with Crippen LogP contribution in [0.5, 0.6) is 0 Å². The molecule has 2 aromatic rings. The smallest absolute Gasteiger partial charge is 0.240 e. The maximum atomic E-state index is 11.5. The molecule has 0 saturated carbocycles. The topological polar surface area (TPSA) is 127 Å². The summed E-state index contributed by atoms with van der Waals surface area (Å²) in [5, 5.41) is 15.1. The standard InChI is InChI=1S/C13H19N5O2S/c1-9-10(8-17-18-9)3-2-6-16-12-5-4-11(14)7-13(12)21(15,19)20/h4-5,7-8,16H,2-3,6,14H2,1H3,(H,17,18)(H2,15,19,20). The molecule has 21 heavy (non-hydrogen) atoms. The van der Waals surface area contributed by atoms with Gasteiger partial charge in [-0.3, -0.25) is 5.10 Å². The quantitative estimate of drug-likeness (QED) is 0.467. The highest BCUT2D eigenvalue weighted by atomic mass is 32.2. The highest BCUT2D eigenvalue weighted by Crippen LogP contribution is 2.22. The molecular weight excluding hydrogens is 290 g/mol. The number of hydrogen-bond acceptors (Lipinski definition) is 5. The van der Waals surface area contributed by atoms with Gasteiger partial charge in [-0.2, -0.15) is 5.10 Å². The van der Waals surface area contributed by atoms with Crippen molar-refractivity contribution in [2.75, 3.05) is 17.6 Å². The Hall–Kier alpha value is -2.06. The van der Waals surface area contributed by atoms with Crippen molar-refractivity contribution in [3.63, 3.8) is 0 Å². The number of sulfonamides is 1. The van der Waals surface area contributed by atoms with Crippen LogP contribution < -0.4 is 16.2 Å². The van der Waals surface area contributed by atoms with Crippen molar-refractivity contribution in [1.82, 2.24) is 10.2 Å². The van der Waals surface area contributed by atoms with Crippen LogP contribution in [0.3, 0.4) is 0 Å². The van der Waals surface area contributed by atoms with E-state index in [0.29, 0.717) is 17.9 Å². The van der Waals surface area contributed by atoms with Crippen LogP contribution in [-0.2, 0) is 16.4 Å². The average molecular weight is 309 g/mol. The molecule has 8 heteroatoms. The number of benzene rings is 1. The average Bonchev–Trinajstić information content (AvgIpc) is 2.80. The lowest BCUT2D eigenvalue weighted by Gasteiger charge is -2.11. The summed E-state index contributed by atoms with van der Waals surface area (Å²) in [5.41, 5.74) is 8.63. The van der Waals surface area contributed by atoms with Gasteiger partial charge in [-0.15, -0.1) is 0 Å². The fourth-order valence-electron chi connectivity index (χ4n) is 2.05. The molecule has 1 aromatic heterocycles. The second-order valence-electron chi connectivity index (χ2n) is 4.85. The second kappa shape index (κ2) is 6.15. The summed E-state index contributed by atoms with van der Waals surface area (Å²) in [6.45, 7) is 2.59. The van der Waals surface area contributed by atoms with Crippen molar-refractivity contribution in [1.29, 1.82) is 0 Å². The lowest BCUT2D eigenvalue weighted by atomic mass is 10.1. The minimum atomic E-state index is -3.80. The lowest BCUT2D eigenvalue weighted by Crippen LogP contribution is -2.16. The van der Waals surface area contributed by atoms with E-state index in [-0.39, 0.29) is 4.90 Å². The van der Waals surface area contributed by atoms with Gasteiger partial charge in [0.15, 0.2) is 0 Å². The van der Waals surface area contributed by atoms with E-state index in [0.717, 1.165) is 24.1 Å². The van der Waals surface area contributed by atoms with Crippen molar-refractivity contribution < 1.29 is 8.42 Å². The minimum Gasteiger partial charge on any atom is -0.399 e. The van der Waals surface area contributed by atoms with Gasteiger partial charge < -0.3 is 11.1 Å². The van der Waals surface area contributed by atoms with Crippen LogP contribution in [0.4, 0.5) is 11.4 Å². The first-order chi connectivity index (χ1) is 9.88. The van der Waals surface area contributed by atoms with Gasteiger partial charge in [-0.25, -0.2) is 13.6 Å². The Balaban J connectivity index is 1.99. The van der Waals surface area contributed by atoms with Crippen molar-refractivity contribution >= 4 is 21.4 Å². The number of aromatic amines is 1. The van der Waals surface area contributed by atoms with Crippen LogP contribution in [-0.4, -0.2) is 25.2 Å². The van der Waals surface area contributed by atoms with Gasteiger partial charge in [0.25, 0.3) is 0 Å². The van der Waals surface area contributed by atoms with Crippen LogP contribution in [0.2, 0.25) is 0 Å². The molecular formula is C13H19N5O2S. The first-order valence-electron chi connectivity index (χ1n) is 6.53. The van der Waals surface area contributed by atoms with E-state index in [1.54, 1.807) is 18.3 Å². The van der Waals surface area contributed by atoms with Gasteiger partial charge in [0, 0.05) is 17.9 Å². The fraction of sp³-hybridized carbons (Fsp3) is 0.308. The van der Waals surface area contributed by atoms with Crippen LogP contribution >= 0.6 is 0 Å². The summed E-state index contributed by atoms with van der Waals surface area (Å²) in [5.74, 6) is 0. The maximum Gasteiger partial charge on any atom is 0.240 e. The van der Waals surface area contributed by atoms with E-state index in [4.69, 9.17) is 10.9 Å². The molecule has 0 saturated heterocycles. The molecule has 0 atom stereocenters. The fourth-order valence-corrected chi connectivity index (χ4v) is 2.80. The van der Waals surface area contributed by atoms with E-state index in [1.165, 1.54) is 6.07 Å². The molecule has 7 nitrogen and oxygen atoms in total. The van der Waals surface area contributed by atoms with Crippen molar-refractivity contribution in [2.45, 2.75) is 24.7 Å². The van der Waals surface area contributed by atoms with Gasteiger partial charge in [-0.1, -0.05) is 0 Å². The number of nitrogens with zero attached hydrogens (tertiary/aromatic N) is 1. The zero-order chi connectivity index (χ0) is 15.5. The number of hydrogen-bond donors (Lipinski definition) is 4. The third-order valence-electron chi connectivity index (χ3n) is 3.18. The van der Waals surface area contributed by atoms with Crippen LogP contribution in [0, 0.1) is 6.92 Å². The zero-order valence-electron chi connectivity index (χ0n) is 11.8. The van der Waals surface area contributed by atoms with E-state index >= 15 is 0 Å². The Bertz CT molecular complexity index is 724. The van der Waals surface area contributed by atoms with Crippen molar-refractivity contribution in [3.8, 4) is 0 Å². The minimum absolute atomic E-state index is 0.0157. The summed E-state index contributed by atoms with van der Waals surface area (Å²) in [4.78, 5) is 0.0157. The molecule has 0 unspecified atom stereocenters. The summed E-state index contributed by atoms with van der Waals surface area (Å²) in [6, 6.07) is 4.62. The van der Waals surface area contributed by atoms with Gasteiger partial charge in [0.2, 0.25) is 10.0 Å². The molecule has 0 fully saturated rings. The molecule has 0 spiro atoms. The summed E-state index contributed by atoms with van der Waals surface area (Å²) < 4.78 is 23.1. The number of nitrogens with two attached hydrogens (primary N) is 2. The first kappa shape index (κ1) is 15.3. The molecule has 0 aliphatic heterocycles. The third-order valence-corrected chi connectivity index (χ3v) is 4.14.